The summed E-state index contributed by atoms with van der Waals surface area (Å²) in [4.78, 5) is 2.79. The fraction of sp³-hybridized carbons (Fsp3) is 0.400. The second-order valence-electron chi connectivity index (χ2n) is 3.63. The normalized spacial score (nSPS) is 19.0. The van der Waals surface area contributed by atoms with Gasteiger partial charge >= 0.3 is 0 Å². The van der Waals surface area contributed by atoms with Crippen molar-refractivity contribution in [3.63, 3.8) is 0 Å². The highest BCUT2D eigenvalue weighted by Gasteiger charge is 2.17. The van der Waals surface area contributed by atoms with Gasteiger partial charge in [-0.25, -0.2) is 4.21 Å². The highest BCUT2D eigenvalue weighted by Crippen LogP contribution is 2.23. The van der Waals surface area contributed by atoms with Gasteiger partial charge in [-0.15, -0.1) is 0 Å². The second kappa shape index (κ2) is 3.81. The van der Waals surface area contributed by atoms with E-state index in [-0.39, 0.29) is 0 Å². The summed E-state index contributed by atoms with van der Waals surface area (Å²) in [5.74, 6) is 0. The van der Waals surface area contributed by atoms with Crippen LogP contribution in [0, 0.1) is 0 Å². The number of hydrogen-bond donors (Lipinski definition) is 1. The van der Waals surface area contributed by atoms with Gasteiger partial charge in [0.2, 0.25) is 0 Å². The van der Waals surface area contributed by atoms with E-state index < -0.39 is 11.1 Å². The second-order valence-corrected chi connectivity index (χ2v) is 4.57. The van der Waals surface area contributed by atoms with Crippen LogP contribution in [-0.2, 0) is 24.0 Å². The van der Waals surface area contributed by atoms with Gasteiger partial charge in [0.05, 0.1) is 4.90 Å². The van der Waals surface area contributed by atoms with Gasteiger partial charge in [0.1, 0.15) is 0 Å². The van der Waals surface area contributed by atoms with Gasteiger partial charge in [-0.3, -0.25) is 0 Å². The molecule has 1 N–H and O–H groups in total. The molecule has 0 aromatic heterocycles. The van der Waals surface area contributed by atoms with E-state index in [0.29, 0.717) is 4.90 Å². The van der Waals surface area contributed by atoms with Crippen molar-refractivity contribution in [2.75, 3.05) is 13.6 Å². The molecule has 76 valence electrons. The molecule has 1 aromatic carbocycles. The third-order valence-corrected chi connectivity index (χ3v) is 3.36. The quantitative estimate of drug-likeness (QED) is 0.711. The standard InChI is InChI=1S/C10H13NO2S/c1-11-6-5-9-8(7-11)3-2-4-10(9)14(12)13/h2-4H,5-7H2,1H3,(H,12,13). The summed E-state index contributed by atoms with van der Waals surface area (Å²) in [6, 6.07) is 5.61. The first kappa shape index (κ1) is 9.83. The molecule has 0 bridgehead atoms. The molecule has 1 unspecified atom stereocenters. The van der Waals surface area contributed by atoms with Crippen LogP contribution in [0.4, 0.5) is 0 Å². The minimum Gasteiger partial charge on any atom is -0.302 e. The van der Waals surface area contributed by atoms with E-state index in [9.17, 15) is 4.21 Å². The maximum Gasteiger partial charge on any atom is 0.186 e. The third kappa shape index (κ3) is 1.73. The van der Waals surface area contributed by atoms with Crippen LogP contribution in [0.1, 0.15) is 11.1 Å². The molecule has 0 saturated heterocycles. The average Bonchev–Trinajstić information content (AvgIpc) is 2.16. The molecule has 1 aliphatic rings. The third-order valence-electron chi connectivity index (χ3n) is 2.60. The Labute approximate surface area is 86.0 Å². The van der Waals surface area contributed by atoms with Crippen LogP contribution in [0.2, 0.25) is 0 Å². The Morgan fingerprint density at radius 3 is 3.00 bits per heavy atom. The Morgan fingerprint density at radius 2 is 2.29 bits per heavy atom. The molecule has 0 fully saturated rings. The number of rotatable bonds is 1. The number of benzene rings is 1. The van der Waals surface area contributed by atoms with Crippen molar-refractivity contribution in [3.05, 3.63) is 29.3 Å². The van der Waals surface area contributed by atoms with Crippen LogP contribution in [0.5, 0.6) is 0 Å². The van der Waals surface area contributed by atoms with Gasteiger partial charge < -0.3 is 9.45 Å². The lowest BCUT2D eigenvalue weighted by Crippen LogP contribution is -2.27. The van der Waals surface area contributed by atoms with Crippen LogP contribution in [0.15, 0.2) is 23.1 Å². The van der Waals surface area contributed by atoms with E-state index in [1.807, 2.05) is 12.1 Å². The fourth-order valence-corrected chi connectivity index (χ4v) is 2.52. The van der Waals surface area contributed by atoms with Gasteiger partial charge in [-0.05, 0) is 30.7 Å². The van der Waals surface area contributed by atoms with Crippen LogP contribution >= 0.6 is 0 Å². The van der Waals surface area contributed by atoms with Crippen molar-refractivity contribution in [2.45, 2.75) is 17.9 Å². The maximum absolute atomic E-state index is 11.1. The number of nitrogens with zero attached hydrogens (tertiary/aromatic N) is 1. The highest BCUT2D eigenvalue weighted by molar-refractivity contribution is 7.79. The molecule has 4 heteroatoms. The summed E-state index contributed by atoms with van der Waals surface area (Å²) >= 11 is -1.85. The lowest BCUT2D eigenvalue weighted by atomic mass is 10.0. The molecule has 3 nitrogen and oxygen atoms in total. The SMILES string of the molecule is CN1CCc2c(cccc2S(=O)O)C1. The molecule has 14 heavy (non-hydrogen) atoms. The van der Waals surface area contributed by atoms with Crippen LogP contribution in [0.25, 0.3) is 0 Å². The van der Waals surface area contributed by atoms with Crippen molar-refractivity contribution in [3.8, 4) is 0 Å². The largest absolute Gasteiger partial charge is 0.302 e. The number of likely N-dealkylation sites (N-methyl/N-ethyl adjacent to an activating group) is 1. The van der Waals surface area contributed by atoms with E-state index in [1.165, 1.54) is 5.56 Å². The van der Waals surface area contributed by atoms with Crippen molar-refractivity contribution < 1.29 is 8.76 Å². The number of fused-ring (bicyclic) bond motifs is 1. The molecule has 0 radical (unpaired) electrons. The predicted molar refractivity (Wildman–Crippen MR) is 55.5 cm³/mol. The van der Waals surface area contributed by atoms with Crippen LogP contribution in [0.3, 0.4) is 0 Å². The summed E-state index contributed by atoms with van der Waals surface area (Å²) in [5.41, 5.74) is 2.24. The van der Waals surface area contributed by atoms with E-state index in [1.54, 1.807) is 6.07 Å². The van der Waals surface area contributed by atoms with Gasteiger partial charge in [-0.2, -0.15) is 0 Å². The van der Waals surface area contributed by atoms with Crippen molar-refractivity contribution in [2.24, 2.45) is 0 Å². The van der Waals surface area contributed by atoms with Crippen molar-refractivity contribution >= 4 is 11.1 Å². The van der Waals surface area contributed by atoms with E-state index >= 15 is 0 Å². The summed E-state index contributed by atoms with van der Waals surface area (Å²) < 4.78 is 20.2. The van der Waals surface area contributed by atoms with Gasteiger partial charge in [0.15, 0.2) is 11.1 Å². The molecule has 1 heterocycles. The minimum absolute atomic E-state index is 0.579. The molecular weight excluding hydrogens is 198 g/mol. The monoisotopic (exact) mass is 211 g/mol. The lowest BCUT2D eigenvalue weighted by Gasteiger charge is -2.25. The summed E-state index contributed by atoms with van der Waals surface area (Å²) in [5, 5.41) is 0. The molecule has 1 atom stereocenters. The average molecular weight is 211 g/mol. The molecule has 1 aliphatic heterocycles. The summed E-state index contributed by atoms with van der Waals surface area (Å²) in [6.07, 6.45) is 0.869. The van der Waals surface area contributed by atoms with Gasteiger partial charge in [0, 0.05) is 13.1 Å². The molecule has 0 saturated carbocycles. The first-order chi connectivity index (χ1) is 6.68. The first-order valence-electron chi connectivity index (χ1n) is 4.58. The molecule has 0 aliphatic carbocycles. The zero-order valence-corrected chi connectivity index (χ0v) is 8.88. The Morgan fingerprint density at radius 1 is 1.50 bits per heavy atom. The predicted octanol–water partition coefficient (Wildman–Crippen LogP) is 1.26. The molecule has 1 aromatic rings. The topological polar surface area (TPSA) is 40.5 Å². The molecule has 2 rings (SSSR count). The molecule has 0 spiro atoms. The zero-order chi connectivity index (χ0) is 10.1. The first-order valence-corrected chi connectivity index (χ1v) is 5.69. The van der Waals surface area contributed by atoms with Crippen LogP contribution < -0.4 is 0 Å². The maximum atomic E-state index is 11.1. The van der Waals surface area contributed by atoms with E-state index in [2.05, 4.69) is 11.9 Å². The van der Waals surface area contributed by atoms with E-state index in [4.69, 9.17) is 4.55 Å². The summed E-state index contributed by atoms with van der Waals surface area (Å²) in [6.45, 7) is 1.83. The minimum atomic E-state index is -1.85. The molecular formula is C10H13NO2S. The van der Waals surface area contributed by atoms with E-state index in [0.717, 1.165) is 25.1 Å². The smallest absolute Gasteiger partial charge is 0.186 e. The highest BCUT2D eigenvalue weighted by atomic mass is 32.2. The van der Waals surface area contributed by atoms with Crippen molar-refractivity contribution in [1.82, 2.24) is 4.90 Å². The fourth-order valence-electron chi connectivity index (χ4n) is 1.88. The molecule has 0 amide bonds. The van der Waals surface area contributed by atoms with Gasteiger partial charge in [0.25, 0.3) is 0 Å². The Hall–Kier alpha value is -0.710. The van der Waals surface area contributed by atoms with Crippen molar-refractivity contribution in [1.29, 1.82) is 0 Å². The Balaban J connectivity index is 2.46. The van der Waals surface area contributed by atoms with Crippen LogP contribution in [-0.4, -0.2) is 27.3 Å². The Kier molecular flexibility index (Phi) is 2.67. The Bertz CT molecular complexity index is 378. The zero-order valence-electron chi connectivity index (χ0n) is 8.06. The summed E-state index contributed by atoms with van der Waals surface area (Å²) in [7, 11) is 2.06. The van der Waals surface area contributed by atoms with Gasteiger partial charge in [-0.1, -0.05) is 12.1 Å². The number of hydrogen-bond acceptors (Lipinski definition) is 2. The lowest BCUT2D eigenvalue weighted by molar-refractivity contribution is 0.311.